The van der Waals surface area contributed by atoms with Crippen LogP contribution in [0.25, 0.3) is 22.6 Å². The molecule has 1 aromatic heterocycles. The summed E-state index contributed by atoms with van der Waals surface area (Å²) in [4.78, 5) is 4.19. The van der Waals surface area contributed by atoms with Crippen molar-refractivity contribution in [3.05, 3.63) is 76.3 Å². The molecule has 0 saturated carbocycles. The highest BCUT2D eigenvalue weighted by Crippen LogP contribution is 2.40. The van der Waals surface area contributed by atoms with Gasteiger partial charge in [0.15, 0.2) is 5.76 Å². The van der Waals surface area contributed by atoms with Crippen LogP contribution in [0, 0.1) is 11.6 Å². The van der Waals surface area contributed by atoms with Crippen molar-refractivity contribution in [1.82, 2.24) is 5.16 Å². The highest BCUT2D eigenvalue weighted by atomic mass is 35.5. The number of aromatic nitrogens is 1. The number of hydrogen-bond donors (Lipinski definition) is 1. The third kappa shape index (κ3) is 3.48. The van der Waals surface area contributed by atoms with E-state index in [1.54, 1.807) is 30.5 Å². The van der Waals surface area contributed by atoms with Gasteiger partial charge in [0.1, 0.15) is 23.4 Å². The van der Waals surface area contributed by atoms with Crippen LogP contribution in [-0.2, 0) is 0 Å². The van der Waals surface area contributed by atoms with Crippen LogP contribution in [0.3, 0.4) is 0 Å². The maximum atomic E-state index is 14.4. The Kier molecular flexibility index (Phi) is 5.07. The second-order valence-electron chi connectivity index (χ2n) is 6.34. The minimum Gasteiger partial charge on any atom is -0.383 e. The maximum absolute atomic E-state index is 14.4. The summed E-state index contributed by atoms with van der Waals surface area (Å²) >= 11 is 5.96. The molecule has 1 aliphatic rings. The van der Waals surface area contributed by atoms with Crippen molar-refractivity contribution in [1.29, 1.82) is 0 Å². The van der Waals surface area contributed by atoms with Gasteiger partial charge >= 0.3 is 0 Å². The summed E-state index contributed by atoms with van der Waals surface area (Å²) in [5.74, 6) is -1.48. The lowest BCUT2D eigenvalue weighted by Gasteiger charge is -2.15. The first-order chi connectivity index (χ1) is 13.5. The molecule has 1 atom stereocenters. The highest BCUT2D eigenvalue weighted by Gasteiger charge is 2.29. The van der Waals surface area contributed by atoms with Gasteiger partial charge in [-0.1, -0.05) is 35.0 Å². The summed E-state index contributed by atoms with van der Waals surface area (Å²) in [6.07, 6.45) is 2.99. The Balaban J connectivity index is 1.90. The summed E-state index contributed by atoms with van der Waals surface area (Å²) in [5.41, 5.74) is 1.85. The van der Waals surface area contributed by atoms with Crippen LogP contribution in [0.1, 0.15) is 18.1 Å². The fourth-order valence-electron chi connectivity index (χ4n) is 3.11. The Bertz CT molecular complexity index is 1070. The van der Waals surface area contributed by atoms with Gasteiger partial charge in [-0.2, -0.15) is 0 Å². The largest absolute Gasteiger partial charge is 0.383 e. The first-order valence-corrected chi connectivity index (χ1v) is 9.01. The Hall–Kier alpha value is -2.83. The summed E-state index contributed by atoms with van der Waals surface area (Å²) in [6.45, 7) is 0.642. The van der Waals surface area contributed by atoms with Gasteiger partial charge < -0.3 is 9.63 Å². The van der Waals surface area contributed by atoms with Crippen LogP contribution in [0.2, 0.25) is 5.02 Å². The van der Waals surface area contributed by atoms with E-state index in [0.717, 1.165) is 12.1 Å². The van der Waals surface area contributed by atoms with E-state index in [-0.39, 0.29) is 16.9 Å². The van der Waals surface area contributed by atoms with Gasteiger partial charge in [-0.15, -0.1) is 0 Å². The Morgan fingerprint density at radius 2 is 1.89 bits per heavy atom. The number of aliphatic hydroxyl groups excluding tert-OH is 1. The molecular formula is C21H15ClF2N2O2. The Morgan fingerprint density at radius 3 is 2.57 bits per heavy atom. The van der Waals surface area contributed by atoms with Crippen molar-refractivity contribution in [3.63, 3.8) is 0 Å². The van der Waals surface area contributed by atoms with Crippen molar-refractivity contribution >= 4 is 17.8 Å². The average Bonchev–Trinajstić information content (AvgIpc) is 3.13. The molecule has 2 heterocycles. The first-order valence-electron chi connectivity index (χ1n) is 8.63. The van der Waals surface area contributed by atoms with Crippen LogP contribution in [-0.4, -0.2) is 23.0 Å². The van der Waals surface area contributed by atoms with E-state index in [0.29, 0.717) is 34.8 Å². The van der Waals surface area contributed by atoms with Crippen LogP contribution >= 0.6 is 11.6 Å². The van der Waals surface area contributed by atoms with E-state index >= 15 is 0 Å². The molecule has 3 aromatic rings. The fraction of sp³-hybridized carbons (Fsp3) is 0.143. The summed E-state index contributed by atoms with van der Waals surface area (Å²) in [6, 6.07) is 9.96. The monoisotopic (exact) mass is 400 g/mol. The third-order valence-corrected chi connectivity index (χ3v) is 4.74. The fourth-order valence-corrected chi connectivity index (χ4v) is 3.24. The van der Waals surface area contributed by atoms with Crippen molar-refractivity contribution in [2.45, 2.75) is 12.5 Å². The van der Waals surface area contributed by atoms with Crippen molar-refractivity contribution < 1.29 is 18.4 Å². The maximum Gasteiger partial charge on any atom is 0.176 e. The van der Waals surface area contributed by atoms with E-state index in [1.807, 2.05) is 6.08 Å². The summed E-state index contributed by atoms with van der Waals surface area (Å²) < 4.78 is 33.2. The lowest BCUT2D eigenvalue weighted by molar-refractivity contribution is 0.222. The van der Waals surface area contributed by atoms with Crippen molar-refractivity contribution in [3.8, 4) is 22.6 Å². The minimum absolute atomic E-state index is 0.0107. The molecule has 142 valence electrons. The lowest BCUT2D eigenvalue weighted by Crippen LogP contribution is -2.08. The zero-order valence-corrected chi connectivity index (χ0v) is 15.3. The van der Waals surface area contributed by atoms with Gasteiger partial charge in [-0.25, -0.2) is 8.78 Å². The standard InChI is InChI=1S/C21H15ClF2N2O2/c22-14-5-3-12(4-6-14)19-18(20(27)13-2-1-9-25-11-13)21(28-26-19)16-8-7-15(23)10-17(16)24/h2-8,10-11,20,27H,1,9H2. The molecule has 0 fully saturated rings. The zero-order chi connectivity index (χ0) is 19.7. The molecule has 0 spiro atoms. The summed E-state index contributed by atoms with van der Waals surface area (Å²) in [5, 5.41) is 15.6. The molecule has 0 aliphatic carbocycles. The van der Waals surface area contributed by atoms with Gasteiger partial charge in [0.05, 0.1) is 11.1 Å². The van der Waals surface area contributed by atoms with Gasteiger partial charge in [-0.05, 0) is 36.3 Å². The Morgan fingerprint density at radius 1 is 1.11 bits per heavy atom. The molecule has 1 unspecified atom stereocenters. The molecule has 4 nitrogen and oxygen atoms in total. The number of benzene rings is 2. The van der Waals surface area contributed by atoms with Crippen LogP contribution in [0.15, 0.2) is 63.6 Å². The molecule has 0 saturated heterocycles. The predicted octanol–water partition coefficient (Wildman–Crippen LogP) is 5.37. The third-order valence-electron chi connectivity index (χ3n) is 4.49. The second-order valence-corrected chi connectivity index (χ2v) is 6.77. The highest BCUT2D eigenvalue weighted by molar-refractivity contribution is 6.30. The number of dihydropyridines is 1. The van der Waals surface area contributed by atoms with Gasteiger partial charge in [0, 0.05) is 29.4 Å². The molecular weight excluding hydrogens is 386 g/mol. The smallest absolute Gasteiger partial charge is 0.176 e. The molecule has 0 amide bonds. The van der Waals surface area contributed by atoms with Gasteiger partial charge in [-0.3, -0.25) is 4.99 Å². The van der Waals surface area contributed by atoms with Crippen LogP contribution < -0.4 is 0 Å². The summed E-state index contributed by atoms with van der Waals surface area (Å²) in [7, 11) is 0. The van der Waals surface area contributed by atoms with E-state index in [1.165, 1.54) is 6.07 Å². The van der Waals surface area contributed by atoms with Crippen LogP contribution in [0.5, 0.6) is 0 Å². The molecule has 2 aromatic carbocycles. The minimum atomic E-state index is -1.14. The zero-order valence-electron chi connectivity index (χ0n) is 14.6. The lowest BCUT2D eigenvalue weighted by atomic mass is 9.93. The number of aliphatic imine (C=N–C) groups is 1. The van der Waals surface area contributed by atoms with E-state index in [9.17, 15) is 13.9 Å². The quantitative estimate of drug-likeness (QED) is 0.640. The molecule has 7 heteroatoms. The number of rotatable bonds is 4. The van der Waals surface area contributed by atoms with E-state index in [2.05, 4.69) is 10.1 Å². The number of aliphatic hydroxyl groups is 1. The first kappa shape index (κ1) is 18.5. The van der Waals surface area contributed by atoms with Crippen molar-refractivity contribution in [2.75, 3.05) is 6.54 Å². The topological polar surface area (TPSA) is 58.6 Å². The van der Waals surface area contributed by atoms with E-state index < -0.39 is 17.7 Å². The number of hydrogen-bond acceptors (Lipinski definition) is 4. The second kappa shape index (κ2) is 7.66. The Labute approximate surface area is 164 Å². The molecule has 4 rings (SSSR count). The molecule has 0 radical (unpaired) electrons. The molecule has 1 N–H and O–H groups in total. The SMILES string of the molecule is OC(C1=CCCN=C1)c1c(-c2ccc(Cl)cc2)noc1-c1ccc(F)cc1F. The number of halogens is 3. The van der Waals surface area contributed by atoms with Gasteiger partial charge in [0.2, 0.25) is 0 Å². The number of nitrogens with zero attached hydrogens (tertiary/aromatic N) is 2. The van der Waals surface area contributed by atoms with Crippen molar-refractivity contribution in [2.24, 2.45) is 4.99 Å². The molecule has 28 heavy (non-hydrogen) atoms. The van der Waals surface area contributed by atoms with E-state index in [4.69, 9.17) is 16.1 Å². The van der Waals surface area contributed by atoms with Crippen LogP contribution in [0.4, 0.5) is 8.78 Å². The molecule has 0 bridgehead atoms. The molecule has 1 aliphatic heterocycles. The normalized spacial score (nSPS) is 14.8. The average molecular weight is 401 g/mol. The predicted molar refractivity (Wildman–Crippen MR) is 103 cm³/mol. The van der Waals surface area contributed by atoms with Gasteiger partial charge in [0.25, 0.3) is 0 Å².